The van der Waals surface area contributed by atoms with Crippen molar-refractivity contribution < 1.29 is 14.0 Å². The zero-order valence-corrected chi connectivity index (χ0v) is 21.9. The highest BCUT2D eigenvalue weighted by Crippen LogP contribution is 2.49. The molecule has 0 bridgehead atoms. The number of nitrogens with zero attached hydrogens (tertiary/aromatic N) is 5. The Labute approximate surface area is 214 Å². The van der Waals surface area contributed by atoms with Crippen molar-refractivity contribution in [2.45, 2.75) is 71.3 Å². The van der Waals surface area contributed by atoms with Gasteiger partial charge in [-0.15, -0.1) is 10.2 Å². The van der Waals surface area contributed by atoms with E-state index >= 15 is 0 Å². The minimum atomic E-state index is -0.0497. The van der Waals surface area contributed by atoms with Gasteiger partial charge in [0.05, 0.1) is 19.0 Å². The number of carbonyl (C=O) groups is 2. The van der Waals surface area contributed by atoms with Crippen LogP contribution in [0.25, 0.3) is 0 Å². The maximum absolute atomic E-state index is 13.1. The lowest BCUT2D eigenvalue weighted by Gasteiger charge is -2.39. The molecule has 3 saturated heterocycles. The molecule has 5 rings (SSSR count). The summed E-state index contributed by atoms with van der Waals surface area (Å²) in [4.78, 5) is 32.3. The molecule has 36 heavy (non-hydrogen) atoms. The van der Waals surface area contributed by atoms with E-state index in [4.69, 9.17) is 4.42 Å². The lowest BCUT2D eigenvalue weighted by molar-refractivity contribution is -0.132. The number of amides is 2. The van der Waals surface area contributed by atoms with Crippen molar-refractivity contribution in [1.82, 2.24) is 24.9 Å². The van der Waals surface area contributed by atoms with E-state index in [1.165, 1.54) is 5.56 Å². The van der Waals surface area contributed by atoms with Gasteiger partial charge in [0.15, 0.2) is 0 Å². The van der Waals surface area contributed by atoms with Crippen molar-refractivity contribution in [3.8, 4) is 0 Å². The summed E-state index contributed by atoms with van der Waals surface area (Å²) in [7, 11) is 0. The van der Waals surface area contributed by atoms with Crippen LogP contribution in [0.3, 0.4) is 0 Å². The molecule has 1 aromatic heterocycles. The topological polar surface area (TPSA) is 82.8 Å². The summed E-state index contributed by atoms with van der Waals surface area (Å²) in [5, 5.41) is 8.67. The fraction of sp³-hybridized carbons (Fsp3) is 0.643. The number of likely N-dealkylation sites (tertiary alicyclic amines) is 3. The highest BCUT2D eigenvalue weighted by Gasteiger charge is 2.49. The first-order valence-corrected chi connectivity index (χ1v) is 13.5. The van der Waals surface area contributed by atoms with Crippen LogP contribution in [-0.2, 0) is 16.0 Å². The summed E-state index contributed by atoms with van der Waals surface area (Å²) in [5.74, 6) is 1.84. The Morgan fingerprint density at radius 3 is 2.31 bits per heavy atom. The van der Waals surface area contributed by atoms with Crippen molar-refractivity contribution in [3.05, 3.63) is 47.2 Å². The Balaban J connectivity index is 1.26. The van der Waals surface area contributed by atoms with Crippen LogP contribution in [0.15, 0.2) is 28.7 Å². The van der Waals surface area contributed by atoms with Crippen LogP contribution in [0.4, 0.5) is 0 Å². The molecule has 1 spiro atoms. The summed E-state index contributed by atoms with van der Waals surface area (Å²) < 4.78 is 6.08. The van der Waals surface area contributed by atoms with Crippen LogP contribution in [0.5, 0.6) is 0 Å². The number of hydrogen-bond donors (Lipinski definition) is 0. The van der Waals surface area contributed by atoms with E-state index in [2.05, 4.69) is 34.2 Å². The summed E-state index contributed by atoms with van der Waals surface area (Å²) in [6.07, 6.45) is 5.39. The second-order valence-corrected chi connectivity index (χ2v) is 11.4. The highest BCUT2D eigenvalue weighted by molar-refractivity contribution is 5.79. The van der Waals surface area contributed by atoms with E-state index in [1.807, 2.05) is 35.8 Å². The Morgan fingerprint density at radius 2 is 1.67 bits per heavy atom. The molecule has 3 fully saturated rings. The molecule has 0 aliphatic carbocycles. The number of aromatic nitrogens is 2. The highest BCUT2D eigenvalue weighted by atomic mass is 16.4. The molecule has 1 unspecified atom stereocenters. The molecule has 0 saturated carbocycles. The molecule has 194 valence electrons. The number of carbonyl (C=O) groups excluding carboxylic acids is 2. The Morgan fingerprint density at radius 1 is 1.00 bits per heavy atom. The first kappa shape index (κ1) is 24.9. The molecule has 8 nitrogen and oxygen atoms in total. The quantitative estimate of drug-likeness (QED) is 0.610. The molecule has 2 amide bonds. The number of benzene rings is 1. The molecule has 3 aliphatic heterocycles. The number of piperidine rings is 1. The molecule has 0 radical (unpaired) electrons. The minimum absolute atomic E-state index is 0.0497. The van der Waals surface area contributed by atoms with Gasteiger partial charge in [-0.1, -0.05) is 43.7 Å². The smallest absolute Gasteiger partial charge is 0.236 e. The third-order valence-electron chi connectivity index (χ3n) is 8.29. The summed E-state index contributed by atoms with van der Waals surface area (Å²) in [6, 6.07) is 8.17. The number of aryl methyl sites for hydroxylation is 1. The van der Waals surface area contributed by atoms with Gasteiger partial charge < -0.3 is 14.2 Å². The van der Waals surface area contributed by atoms with Gasteiger partial charge in [0.2, 0.25) is 23.6 Å². The van der Waals surface area contributed by atoms with Crippen LogP contribution in [0.2, 0.25) is 0 Å². The second-order valence-electron chi connectivity index (χ2n) is 11.4. The molecule has 4 heterocycles. The average Bonchev–Trinajstić information content (AvgIpc) is 3.62. The molecule has 2 aromatic rings. The van der Waals surface area contributed by atoms with Crippen LogP contribution in [0, 0.1) is 12.3 Å². The molecular formula is C28H39N5O3. The number of hydrogen-bond acceptors (Lipinski definition) is 6. The van der Waals surface area contributed by atoms with Crippen LogP contribution >= 0.6 is 0 Å². The fourth-order valence-electron chi connectivity index (χ4n) is 5.99. The van der Waals surface area contributed by atoms with Crippen molar-refractivity contribution in [2.24, 2.45) is 5.41 Å². The van der Waals surface area contributed by atoms with Crippen molar-refractivity contribution in [2.75, 3.05) is 39.3 Å². The predicted molar refractivity (Wildman–Crippen MR) is 136 cm³/mol. The fourth-order valence-corrected chi connectivity index (χ4v) is 5.99. The standard InChI is InChI=1S/C28H39N5O3/c1-20(2)26-29-30-27(36-26)23-17-28(19-33(23)18-25(35)31-12-4-5-13-31)10-14-32(15-11-28)24(34)16-22-8-6-21(3)7-9-22/h6-9,20,23H,4-5,10-19H2,1-3H3. The summed E-state index contributed by atoms with van der Waals surface area (Å²) in [6.45, 7) is 10.6. The van der Waals surface area contributed by atoms with Gasteiger partial charge in [-0.05, 0) is 50.0 Å². The number of rotatable bonds is 6. The Bertz CT molecular complexity index is 1070. The third kappa shape index (κ3) is 5.33. The molecule has 8 heteroatoms. The van der Waals surface area contributed by atoms with E-state index in [-0.39, 0.29) is 29.2 Å². The predicted octanol–water partition coefficient (Wildman–Crippen LogP) is 3.72. The largest absolute Gasteiger partial charge is 0.423 e. The monoisotopic (exact) mass is 493 g/mol. The second kappa shape index (κ2) is 10.3. The average molecular weight is 494 g/mol. The molecule has 0 N–H and O–H groups in total. The maximum atomic E-state index is 13.1. The van der Waals surface area contributed by atoms with E-state index in [0.29, 0.717) is 24.7 Å². The van der Waals surface area contributed by atoms with Crippen LogP contribution in [0.1, 0.15) is 80.8 Å². The van der Waals surface area contributed by atoms with Gasteiger partial charge in [-0.2, -0.15) is 0 Å². The lowest BCUT2D eigenvalue weighted by atomic mass is 9.76. The normalized spacial score (nSPS) is 22.2. The van der Waals surface area contributed by atoms with Gasteiger partial charge in [0.1, 0.15) is 0 Å². The SMILES string of the molecule is Cc1ccc(CC(=O)N2CCC3(CC2)CC(c2nnc(C(C)C)o2)N(CC(=O)N2CCCC2)C3)cc1. The van der Waals surface area contributed by atoms with Gasteiger partial charge in [-0.3, -0.25) is 14.5 Å². The lowest BCUT2D eigenvalue weighted by Crippen LogP contribution is -2.45. The summed E-state index contributed by atoms with van der Waals surface area (Å²) >= 11 is 0. The van der Waals surface area contributed by atoms with E-state index in [0.717, 1.165) is 70.4 Å². The summed E-state index contributed by atoms with van der Waals surface area (Å²) in [5.41, 5.74) is 2.33. The van der Waals surface area contributed by atoms with Gasteiger partial charge in [-0.25, -0.2) is 0 Å². The van der Waals surface area contributed by atoms with Crippen LogP contribution in [-0.4, -0.2) is 76.0 Å². The minimum Gasteiger partial charge on any atom is -0.423 e. The zero-order valence-electron chi connectivity index (χ0n) is 21.9. The van der Waals surface area contributed by atoms with E-state index in [1.54, 1.807) is 0 Å². The van der Waals surface area contributed by atoms with Crippen LogP contribution < -0.4 is 0 Å². The first-order valence-electron chi connectivity index (χ1n) is 13.5. The third-order valence-corrected chi connectivity index (χ3v) is 8.29. The molecular weight excluding hydrogens is 454 g/mol. The van der Waals surface area contributed by atoms with Crippen molar-refractivity contribution >= 4 is 11.8 Å². The van der Waals surface area contributed by atoms with E-state index in [9.17, 15) is 9.59 Å². The van der Waals surface area contributed by atoms with Gasteiger partial charge in [0.25, 0.3) is 0 Å². The van der Waals surface area contributed by atoms with E-state index < -0.39 is 0 Å². The molecule has 1 atom stereocenters. The molecule has 1 aromatic carbocycles. The Kier molecular flexibility index (Phi) is 7.15. The van der Waals surface area contributed by atoms with Crippen molar-refractivity contribution in [1.29, 1.82) is 0 Å². The first-order chi connectivity index (χ1) is 17.3. The van der Waals surface area contributed by atoms with Gasteiger partial charge in [0, 0.05) is 38.6 Å². The van der Waals surface area contributed by atoms with Gasteiger partial charge >= 0.3 is 0 Å². The molecule has 3 aliphatic rings. The zero-order chi connectivity index (χ0) is 25.3. The maximum Gasteiger partial charge on any atom is 0.236 e. The Hall–Kier alpha value is -2.74. The van der Waals surface area contributed by atoms with Crippen molar-refractivity contribution in [3.63, 3.8) is 0 Å².